The summed E-state index contributed by atoms with van der Waals surface area (Å²) in [5.74, 6) is -0.555. The maximum absolute atomic E-state index is 12.4. The fraction of sp³-hybridized carbons (Fsp3) is 0.467. The molecule has 0 aromatic heterocycles. The van der Waals surface area contributed by atoms with Crippen LogP contribution in [-0.4, -0.2) is 11.9 Å². The molecule has 3 nitrogen and oxygen atoms in total. The Labute approximate surface area is 108 Å². The van der Waals surface area contributed by atoms with Gasteiger partial charge in [0.15, 0.2) is 0 Å². The standard InChI is InChI=1S/C15H18N2O/c1-3-6-13(10-16)15(18)17-11(2)9-12-7-4-5-8-14(12)17/h4-5,7-8,11,13H,3,6,9H2,1-2H3. The van der Waals surface area contributed by atoms with Gasteiger partial charge in [0.25, 0.3) is 0 Å². The number of amides is 1. The zero-order chi connectivity index (χ0) is 13.1. The number of carbonyl (C=O) groups is 1. The van der Waals surface area contributed by atoms with E-state index in [1.54, 1.807) is 4.90 Å². The van der Waals surface area contributed by atoms with Gasteiger partial charge in [-0.05, 0) is 31.4 Å². The summed E-state index contributed by atoms with van der Waals surface area (Å²) in [4.78, 5) is 14.2. The first-order chi connectivity index (χ1) is 8.69. The van der Waals surface area contributed by atoms with Crippen molar-refractivity contribution in [1.29, 1.82) is 5.26 Å². The Kier molecular flexibility index (Phi) is 3.66. The summed E-state index contributed by atoms with van der Waals surface area (Å²) >= 11 is 0. The summed E-state index contributed by atoms with van der Waals surface area (Å²) in [6, 6.07) is 10.3. The number of hydrogen-bond donors (Lipinski definition) is 0. The van der Waals surface area contributed by atoms with Crippen LogP contribution in [-0.2, 0) is 11.2 Å². The molecule has 94 valence electrons. The Hall–Kier alpha value is -1.82. The van der Waals surface area contributed by atoms with Gasteiger partial charge in [-0.15, -0.1) is 0 Å². The van der Waals surface area contributed by atoms with E-state index in [1.165, 1.54) is 5.56 Å². The second-order valence-electron chi connectivity index (χ2n) is 4.86. The lowest BCUT2D eigenvalue weighted by atomic mass is 10.0. The molecule has 0 saturated heterocycles. The Morgan fingerprint density at radius 3 is 2.94 bits per heavy atom. The van der Waals surface area contributed by atoms with Crippen molar-refractivity contribution in [2.24, 2.45) is 5.92 Å². The van der Waals surface area contributed by atoms with E-state index in [-0.39, 0.29) is 11.9 Å². The molecule has 1 amide bonds. The average Bonchev–Trinajstić information content (AvgIpc) is 2.71. The third-order valence-corrected chi connectivity index (χ3v) is 3.48. The molecule has 1 aromatic rings. The molecule has 1 aliphatic heterocycles. The zero-order valence-electron chi connectivity index (χ0n) is 10.9. The minimum atomic E-state index is -0.511. The number of anilines is 1. The van der Waals surface area contributed by atoms with Crippen molar-refractivity contribution in [3.8, 4) is 6.07 Å². The first-order valence-corrected chi connectivity index (χ1v) is 6.49. The van der Waals surface area contributed by atoms with Gasteiger partial charge in [0.1, 0.15) is 5.92 Å². The lowest BCUT2D eigenvalue weighted by molar-refractivity contribution is -0.121. The Morgan fingerprint density at radius 1 is 1.56 bits per heavy atom. The summed E-state index contributed by atoms with van der Waals surface area (Å²) < 4.78 is 0. The van der Waals surface area contributed by atoms with Crippen LogP contribution >= 0.6 is 0 Å². The zero-order valence-corrected chi connectivity index (χ0v) is 10.9. The predicted octanol–water partition coefficient (Wildman–Crippen LogP) is 2.90. The molecule has 18 heavy (non-hydrogen) atoms. The molecule has 3 heteroatoms. The van der Waals surface area contributed by atoms with Crippen molar-refractivity contribution in [2.75, 3.05) is 4.90 Å². The molecule has 1 aromatic carbocycles. The molecule has 2 atom stereocenters. The number of rotatable bonds is 3. The third kappa shape index (κ3) is 2.11. The first-order valence-electron chi connectivity index (χ1n) is 6.49. The molecule has 0 N–H and O–H groups in total. The van der Waals surface area contributed by atoms with Crippen LogP contribution in [0.2, 0.25) is 0 Å². The van der Waals surface area contributed by atoms with Gasteiger partial charge in [0.05, 0.1) is 6.07 Å². The first kappa shape index (κ1) is 12.6. The number of nitrogens with zero attached hydrogens (tertiary/aromatic N) is 2. The summed E-state index contributed by atoms with van der Waals surface area (Å²) in [6.07, 6.45) is 2.38. The van der Waals surface area contributed by atoms with Gasteiger partial charge in [-0.25, -0.2) is 0 Å². The molecular formula is C15H18N2O. The Balaban J connectivity index is 2.28. The molecule has 1 aliphatic rings. The van der Waals surface area contributed by atoms with Crippen molar-refractivity contribution in [2.45, 2.75) is 39.2 Å². The van der Waals surface area contributed by atoms with Crippen molar-refractivity contribution in [3.63, 3.8) is 0 Å². The molecular weight excluding hydrogens is 224 g/mol. The van der Waals surface area contributed by atoms with E-state index in [0.29, 0.717) is 6.42 Å². The second kappa shape index (κ2) is 5.22. The van der Waals surface area contributed by atoms with Crippen LogP contribution in [0.3, 0.4) is 0 Å². The van der Waals surface area contributed by atoms with E-state index < -0.39 is 5.92 Å². The lowest BCUT2D eigenvalue weighted by Crippen LogP contribution is -2.39. The van der Waals surface area contributed by atoms with E-state index in [0.717, 1.165) is 18.5 Å². The van der Waals surface area contributed by atoms with Gasteiger partial charge in [0.2, 0.25) is 5.91 Å². The maximum Gasteiger partial charge on any atom is 0.244 e. The quantitative estimate of drug-likeness (QED) is 0.818. The van der Waals surface area contributed by atoms with Crippen LogP contribution in [0.25, 0.3) is 0 Å². The van der Waals surface area contributed by atoms with E-state index >= 15 is 0 Å². The largest absolute Gasteiger partial charge is 0.308 e. The van der Waals surface area contributed by atoms with Crippen molar-refractivity contribution in [1.82, 2.24) is 0 Å². The van der Waals surface area contributed by atoms with Crippen LogP contribution in [0, 0.1) is 17.2 Å². The minimum Gasteiger partial charge on any atom is -0.308 e. The number of benzene rings is 1. The van der Waals surface area contributed by atoms with Crippen LogP contribution in [0.15, 0.2) is 24.3 Å². The van der Waals surface area contributed by atoms with Crippen LogP contribution < -0.4 is 4.90 Å². The summed E-state index contributed by atoms with van der Waals surface area (Å²) in [5.41, 5.74) is 2.18. The monoisotopic (exact) mass is 242 g/mol. The second-order valence-corrected chi connectivity index (χ2v) is 4.86. The fourth-order valence-corrected chi connectivity index (χ4v) is 2.60. The van der Waals surface area contributed by atoms with Crippen LogP contribution in [0.1, 0.15) is 32.3 Å². The van der Waals surface area contributed by atoms with E-state index in [9.17, 15) is 4.79 Å². The fourth-order valence-electron chi connectivity index (χ4n) is 2.60. The number of nitriles is 1. The van der Waals surface area contributed by atoms with Gasteiger partial charge >= 0.3 is 0 Å². The normalized spacial score (nSPS) is 19.2. The van der Waals surface area contributed by atoms with Crippen molar-refractivity contribution < 1.29 is 4.79 Å². The van der Waals surface area contributed by atoms with Gasteiger partial charge < -0.3 is 4.90 Å². The highest BCUT2D eigenvalue weighted by atomic mass is 16.2. The number of hydrogen-bond acceptors (Lipinski definition) is 2. The maximum atomic E-state index is 12.4. The molecule has 0 saturated carbocycles. The van der Waals surface area contributed by atoms with Gasteiger partial charge in [-0.2, -0.15) is 5.26 Å². The molecule has 2 unspecified atom stereocenters. The number of carbonyl (C=O) groups excluding carboxylic acids is 1. The van der Waals surface area contributed by atoms with E-state index in [4.69, 9.17) is 5.26 Å². The van der Waals surface area contributed by atoms with E-state index in [2.05, 4.69) is 12.1 Å². The SMILES string of the molecule is CCCC(C#N)C(=O)N1c2ccccc2CC1C. The van der Waals surface area contributed by atoms with Crippen LogP contribution in [0.4, 0.5) is 5.69 Å². The summed E-state index contributed by atoms with van der Waals surface area (Å²) in [7, 11) is 0. The summed E-state index contributed by atoms with van der Waals surface area (Å²) in [5, 5.41) is 9.12. The number of fused-ring (bicyclic) bond motifs is 1. The van der Waals surface area contributed by atoms with Crippen LogP contribution in [0.5, 0.6) is 0 Å². The molecule has 1 heterocycles. The van der Waals surface area contributed by atoms with Crippen molar-refractivity contribution in [3.05, 3.63) is 29.8 Å². The number of para-hydroxylation sites is 1. The molecule has 2 rings (SSSR count). The Bertz CT molecular complexity index is 490. The predicted molar refractivity (Wildman–Crippen MR) is 71.1 cm³/mol. The molecule has 0 bridgehead atoms. The van der Waals surface area contributed by atoms with E-state index in [1.807, 2.05) is 32.0 Å². The van der Waals surface area contributed by atoms with Crippen molar-refractivity contribution >= 4 is 11.6 Å². The van der Waals surface area contributed by atoms with Gasteiger partial charge in [0, 0.05) is 11.7 Å². The molecule has 0 fully saturated rings. The highest BCUT2D eigenvalue weighted by Crippen LogP contribution is 2.33. The lowest BCUT2D eigenvalue weighted by Gasteiger charge is -2.24. The molecule has 0 aliphatic carbocycles. The summed E-state index contributed by atoms with van der Waals surface area (Å²) in [6.45, 7) is 4.04. The minimum absolute atomic E-state index is 0.0446. The third-order valence-electron chi connectivity index (χ3n) is 3.48. The smallest absolute Gasteiger partial charge is 0.244 e. The molecule has 0 radical (unpaired) electrons. The van der Waals surface area contributed by atoms with Gasteiger partial charge in [-0.3, -0.25) is 4.79 Å². The highest BCUT2D eigenvalue weighted by Gasteiger charge is 2.34. The Morgan fingerprint density at radius 2 is 2.28 bits per heavy atom. The topological polar surface area (TPSA) is 44.1 Å². The molecule has 0 spiro atoms. The van der Waals surface area contributed by atoms with Gasteiger partial charge in [-0.1, -0.05) is 31.5 Å². The highest BCUT2D eigenvalue weighted by molar-refractivity contribution is 5.98. The average molecular weight is 242 g/mol.